The van der Waals surface area contributed by atoms with Crippen molar-refractivity contribution in [1.29, 1.82) is 0 Å². The zero-order valence-electron chi connectivity index (χ0n) is 14.5. The first-order valence-electron chi connectivity index (χ1n) is 8.42. The Bertz CT molecular complexity index is 936. The Labute approximate surface area is 155 Å². The second kappa shape index (κ2) is 6.99. The normalized spacial score (nSPS) is 19.6. The summed E-state index contributed by atoms with van der Waals surface area (Å²) < 4.78 is 61.4. The third kappa shape index (κ3) is 4.32. The van der Waals surface area contributed by atoms with E-state index < -0.39 is 21.6 Å². The van der Waals surface area contributed by atoms with Crippen molar-refractivity contribution in [2.75, 3.05) is 11.1 Å². The Balaban J connectivity index is 1.62. The van der Waals surface area contributed by atoms with E-state index >= 15 is 0 Å². The lowest BCUT2D eigenvalue weighted by Gasteiger charge is -2.08. The summed E-state index contributed by atoms with van der Waals surface area (Å²) in [5.41, 5.74) is 0.468. The number of hydrogen-bond acceptors (Lipinski definition) is 3. The lowest BCUT2D eigenvalue weighted by atomic mass is 10.1. The lowest BCUT2D eigenvalue weighted by molar-refractivity contribution is -0.137. The van der Waals surface area contributed by atoms with Crippen LogP contribution in [0.3, 0.4) is 0 Å². The van der Waals surface area contributed by atoms with Crippen molar-refractivity contribution in [1.82, 2.24) is 0 Å². The lowest BCUT2D eigenvalue weighted by Crippen LogP contribution is -2.14. The number of sulfone groups is 1. The minimum Gasteiger partial charge on any atom is -0.326 e. The Morgan fingerprint density at radius 3 is 2.19 bits per heavy atom. The van der Waals surface area contributed by atoms with Gasteiger partial charge in [0, 0.05) is 11.6 Å². The predicted octanol–water partition coefficient (Wildman–Crippen LogP) is 4.24. The molecule has 3 rings (SSSR count). The van der Waals surface area contributed by atoms with E-state index in [4.69, 9.17) is 0 Å². The molecule has 1 aliphatic carbocycles. The number of benzene rings is 2. The molecule has 1 N–H and O–H groups in total. The number of amides is 1. The van der Waals surface area contributed by atoms with Crippen molar-refractivity contribution < 1.29 is 26.4 Å². The summed E-state index contributed by atoms with van der Waals surface area (Å²) in [7, 11) is -3.30. The second-order valence-corrected chi connectivity index (χ2v) is 8.76. The standard InChI is InChI=1S/C19H18F3NO3S/c1-2-27(25,26)15-9-7-14(8-10-15)23-18(24)17-11-16(17)12-3-5-13(6-4-12)19(20,21)22/h3-10,16-17H,2,11H2,1H3,(H,23,24). The molecule has 0 spiro atoms. The van der Waals surface area contributed by atoms with E-state index in [0.717, 1.165) is 12.1 Å². The minimum absolute atomic E-state index is 0.00438. The quantitative estimate of drug-likeness (QED) is 0.821. The predicted molar refractivity (Wildman–Crippen MR) is 95.1 cm³/mol. The Hall–Kier alpha value is -2.35. The largest absolute Gasteiger partial charge is 0.416 e. The van der Waals surface area contributed by atoms with E-state index in [0.29, 0.717) is 17.7 Å². The third-order valence-electron chi connectivity index (χ3n) is 4.65. The van der Waals surface area contributed by atoms with Gasteiger partial charge in [0.25, 0.3) is 0 Å². The van der Waals surface area contributed by atoms with Crippen LogP contribution >= 0.6 is 0 Å². The zero-order valence-corrected chi connectivity index (χ0v) is 15.3. The fourth-order valence-electron chi connectivity index (χ4n) is 2.92. The van der Waals surface area contributed by atoms with Gasteiger partial charge in [0.05, 0.1) is 16.2 Å². The molecule has 2 aromatic rings. The van der Waals surface area contributed by atoms with Crippen LogP contribution in [0.1, 0.15) is 30.4 Å². The number of nitrogens with one attached hydrogen (secondary N) is 1. The van der Waals surface area contributed by atoms with Crippen LogP contribution in [-0.4, -0.2) is 20.1 Å². The fraction of sp³-hybridized carbons (Fsp3) is 0.316. The highest BCUT2D eigenvalue weighted by Gasteiger charge is 2.44. The summed E-state index contributed by atoms with van der Waals surface area (Å²) in [5.74, 6) is -0.644. The molecule has 2 aromatic carbocycles. The number of halogens is 3. The average molecular weight is 397 g/mol. The number of anilines is 1. The molecule has 1 fully saturated rings. The number of carbonyl (C=O) groups is 1. The number of rotatable bonds is 5. The van der Waals surface area contributed by atoms with Gasteiger partial charge in [-0.25, -0.2) is 8.42 Å². The molecule has 27 heavy (non-hydrogen) atoms. The second-order valence-electron chi connectivity index (χ2n) is 6.49. The van der Waals surface area contributed by atoms with Crippen LogP contribution in [0.5, 0.6) is 0 Å². The Kier molecular flexibility index (Phi) is 5.03. The van der Waals surface area contributed by atoms with Crippen molar-refractivity contribution in [3.8, 4) is 0 Å². The molecule has 0 heterocycles. The maximum absolute atomic E-state index is 12.6. The van der Waals surface area contributed by atoms with E-state index in [1.54, 1.807) is 6.92 Å². The Morgan fingerprint density at radius 2 is 1.67 bits per heavy atom. The molecule has 1 saturated carbocycles. The van der Waals surface area contributed by atoms with Crippen LogP contribution in [0, 0.1) is 5.92 Å². The number of hydrogen-bond donors (Lipinski definition) is 1. The zero-order chi connectivity index (χ0) is 19.8. The van der Waals surface area contributed by atoms with E-state index in [1.807, 2.05) is 0 Å². The van der Waals surface area contributed by atoms with Crippen LogP contribution in [0.25, 0.3) is 0 Å². The molecule has 0 saturated heterocycles. The highest BCUT2D eigenvalue weighted by Crippen LogP contribution is 2.48. The van der Waals surface area contributed by atoms with Crippen molar-refractivity contribution in [2.45, 2.75) is 30.3 Å². The average Bonchev–Trinajstić information content (AvgIpc) is 3.42. The van der Waals surface area contributed by atoms with E-state index in [-0.39, 0.29) is 28.4 Å². The van der Waals surface area contributed by atoms with Gasteiger partial charge in [0.1, 0.15) is 0 Å². The molecule has 0 radical (unpaired) electrons. The molecule has 0 bridgehead atoms. The smallest absolute Gasteiger partial charge is 0.326 e. The molecule has 144 valence electrons. The monoisotopic (exact) mass is 397 g/mol. The van der Waals surface area contributed by atoms with E-state index in [1.165, 1.54) is 36.4 Å². The SMILES string of the molecule is CCS(=O)(=O)c1ccc(NC(=O)C2CC2c2ccc(C(F)(F)F)cc2)cc1. The van der Waals surface area contributed by atoms with Gasteiger partial charge in [-0.1, -0.05) is 19.1 Å². The fourth-order valence-corrected chi connectivity index (χ4v) is 3.80. The maximum atomic E-state index is 12.6. The van der Waals surface area contributed by atoms with Gasteiger partial charge in [0.2, 0.25) is 5.91 Å². The molecule has 0 aromatic heterocycles. The molecule has 2 atom stereocenters. The molecule has 2 unspecified atom stereocenters. The molecule has 0 aliphatic heterocycles. The summed E-state index contributed by atoms with van der Waals surface area (Å²) in [6, 6.07) is 10.8. The maximum Gasteiger partial charge on any atom is 0.416 e. The van der Waals surface area contributed by atoms with Crippen LogP contribution in [0.2, 0.25) is 0 Å². The molecule has 1 aliphatic rings. The van der Waals surface area contributed by atoms with E-state index in [2.05, 4.69) is 5.32 Å². The summed E-state index contributed by atoms with van der Waals surface area (Å²) in [4.78, 5) is 12.5. The van der Waals surface area contributed by atoms with Crippen LogP contribution in [0.4, 0.5) is 18.9 Å². The van der Waals surface area contributed by atoms with Gasteiger partial charge in [-0.3, -0.25) is 4.79 Å². The van der Waals surface area contributed by atoms with Gasteiger partial charge in [-0.2, -0.15) is 13.2 Å². The number of alkyl halides is 3. The first-order chi connectivity index (χ1) is 12.6. The van der Waals surface area contributed by atoms with Gasteiger partial charge in [-0.15, -0.1) is 0 Å². The summed E-state index contributed by atoms with van der Waals surface area (Å²) in [5, 5.41) is 2.72. The number of carbonyl (C=O) groups excluding carboxylic acids is 1. The van der Waals surface area contributed by atoms with Crippen LogP contribution < -0.4 is 5.32 Å². The van der Waals surface area contributed by atoms with Crippen molar-refractivity contribution in [3.05, 3.63) is 59.7 Å². The van der Waals surface area contributed by atoms with E-state index in [9.17, 15) is 26.4 Å². The highest BCUT2D eigenvalue weighted by atomic mass is 32.2. The first kappa shape index (κ1) is 19.4. The molecular weight excluding hydrogens is 379 g/mol. The van der Waals surface area contributed by atoms with Crippen LogP contribution in [-0.2, 0) is 20.8 Å². The molecule has 4 nitrogen and oxygen atoms in total. The summed E-state index contributed by atoms with van der Waals surface area (Å²) >= 11 is 0. The summed E-state index contributed by atoms with van der Waals surface area (Å²) in [6.45, 7) is 1.56. The first-order valence-corrected chi connectivity index (χ1v) is 10.1. The van der Waals surface area contributed by atoms with Gasteiger partial charge in [0.15, 0.2) is 9.84 Å². The van der Waals surface area contributed by atoms with Crippen molar-refractivity contribution in [3.63, 3.8) is 0 Å². The third-order valence-corrected chi connectivity index (χ3v) is 6.40. The van der Waals surface area contributed by atoms with Gasteiger partial charge < -0.3 is 5.32 Å². The topological polar surface area (TPSA) is 63.2 Å². The Morgan fingerprint density at radius 1 is 1.07 bits per heavy atom. The van der Waals surface area contributed by atoms with Crippen molar-refractivity contribution in [2.24, 2.45) is 5.92 Å². The minimum atomic E-state index is -4.38. The van der Waals surface area contributed by atoms with Crippen LogP contribution in [0.15, 0.2) is 53.4 Å². The van der Waals surface area contributed by atoms with Gasteiger partial charge >= 0.3 is 6.18 Å². The molecule has 1 amide bonds. The molecular formula is C19H18F3NO3S. The highest BCUT2D eigenvalue weighted by molar-refractivity contribution is 7.91. The van der Waals surface area contributed by atoms with Gasteiger partial charge in [-0.05, 0) is 54.3 Å². The summed E-state index contributed by atoms with van der Waals surface area (Å²) in [6.07, 6.45) is -3.81. The van der Waals surface area contributed by atoms with Crippen molar-refractivity contribution >= 4 is 21.4 Å². The molecule has 8 heteroatoms.